The second kappa shape index (κ2) is 6.06. The minimum Gasteiger partial charge on any atom is -0.370 e. The summed E-state index contributed by atoms with van der Waals surface area (Å²) in [5.74, 6) is 0. The van der Waals surface area contributed by atoms with Crippen molar-refractivity contribution in [2.75, 3.05) is 18.0 Å². The Hall–Kier alpha value is -1.02. The summed E-state index contributed by atoms with van der Waals surface area (Å²) in [4.78, 5) is 2.39. The summed E-state index contributed by atoms with van der Waals surface area (Å²) in [6.45, 7) is 10.6. The van der Waals surface area contributed by atoms with E-state index in [-0.39, 0.29) is 5.54 Å². The molecule has 0 amide bonds. The number of likely N-dealkylation sites (N-methyl/N-ethyl adjacent to an activating group) is 1. The molecule has 0 fully saturated rings. The highest BCUT2D eigenvalue weighted by molar-refractivity contribution is 5.53. The number of anilines is 1. The first-order valence-electron chi connectivity index (χ1n) is 6.65. The molecule has 0 aliphatic carbocycles. The van der Waals surface area contributed by atoms with Gasteiger partial charge in [0, 0.05) is 24.3 Å². The van der Waals surface area contributed by atoms with Crippen molar-refractivity contribution in [2.45, 2.75) is 46.1 Å². The van der Waals surface area contributed by atoms with Crippen LogP contribution in [-0.2, 0) is 0 Å². The molecule has 2 N–H and O–H groups in total. The first-order valence-corrected chi connectivity index (χ1v) is 6.65. The van der Waals surface area contributed by atoms with Crippen molar-refractivity contribution in [3.63, 3.8) is 0 Å². The van der Waals surface area contributed by atoms with E-state index in [1.807, 2.05) is 0 Å². The molecule has 0 unspecified atom stereocenters. The Labute approximate surface area is 106 Å². The van der Waals surface area contributed by atoms with Gasteiger partial charge in [-0.15, -0.1) is 0 Å². The predicted molar refractivity (Wildman–Crippen MR) is 76.6 cm³/mol. The molecule has 0 saturated heterocycles. The molecule has 0 aromatic heterocycles. The maximum Gasteiger partial charge on any atom is 0.0396 e. The molecule has 0 heterocycles. The lowest BCUT2D eigenvalue weighted by molar-refractivity contribution is 0.395. The summed E-state index contributed by atoms with van der Waals surface area (Å²) in [6.07, 6.45) is 2.04. The van der Waals surface area contributed by atoms with Crippen LogP contribution < -0.4 is 10.6 Å². The number of aryl methyl sites for hydroxylation is 1. The van der Waals surface area contributed by atoms with Crippen molar-refractivity contribution in [3.8, 4) is 0 Å². The zero-order valence-corrected chi connectivity index (χ0v) is 11.7. The van der Waals surface area contributed by atoms with E-state index in [1.54, 1.807) is 0 Å². The van der Waals surface area contributed by atoms with Crippen LogP contribution in [0, 0.1) is 6.92 Å². The number of nitrogens with zero attached hydrogens (tertiary/aromatic N) is 1. The molecule has 1 rings (SSSR count). The van der Waals surface area contributed by atoms with Gasteiger partial charge < -0.3 is 10.6 Å². The second-order valence-electron chi connectivity index (χ2n) is 4.87. The van der Waals surface area contributed by atoms with Crippen LogP contribution in [0.15, 0.2) is 24.3 Å². The topological polar surface area (TPSA) is 29.3 Å². The molecule has 0 saturated carbocycles. The smallest absolute Gasteiger partial charge is 0.0396 e. The van der Waals surface area contributed by atoms with Gasteiger partial charge in [-0.05, 0) is 38.3 Å². The maximum absolute atomic E-state index is 6.42. The number of para-hydroxylation sites is 1. The molecule has 0 atom stereocenters. The molecule has 96 valence electrons. The van der Waals surface area contributed by atoms with Gasteiger partial charge in [0.2, 0.25) is 0 Å². The largest absolute Gasteiger partial charge is 0.370 e. The lowest BCUT2D eigenvalue weighted by atomic mass is 9.93. The fourth-order valence-corrected chi connectivity index (χ4v) is 2.14. The van der Waals surface area contributed by atoms with E-state index in [9.17, 15) is 0 Å². The highest BCUT2D eigenvalue weighted by atomic mass is 15.1. The first kappa shape index (κ1) is 14.0. The SMILES string of the molecule is CCN(CC(N)(CC)CC)c1ccccc1C. The lowest BCUT2D eigenvalue weighted by Crippen LogP contribution is -2.49. The van der Waals surface area contributed by atoms with Gasteiger partial charge >= 0.3 is 0 Å². The first-order chi connectivity index (χ1) is 8.06. The number of benzene rings is 1. The van der Waals surface area contributed by atoms with Crippen LogP contribution in [0.2, 0.25) is 0 Å². The third-order valence-corrected chi connectivity index (χ3v) is 3.75. The third kappa shape index (κ3) is 3.47. The van der Waals surface area contributed by atoms with E-state index in [0.717, 1.165) is 25.9 Å². The van der Waals surface area contributed by atoms with Gasteiger partial charge in [-0.3, -0.25) is 0 Å². The fourth-order valence-electron chi connectivity index (χ4n) is 2.14. The van der Waals surface area contributed by atoms with Crippen LogP contribution in [0.1, 0.15) is 39.2 Å². The highest BCUT2D eigenvalue weighted by Crippen LogP contribution is 2.22. The quantitative estimate of drug-likeness (QED) is 0.818. The Morgan fingerprint density at radius 2 is 1.71 bits per heavy atom. The number of hydrogen-bond acceptors (Lipinski definition) is 2. The molecule has 0 radical (unpaired) electrons. The van der Waals surface area contributed by atoms with E-state index >= 15 is 0 Å². The van der Waals surface area contributed by atoms with Crippen molar-refractivity contribution in [2.24, 2.45) is 5.73 Å². The minimum atomic E-state index is -0.0711. The number of hydrogen-bond donors (Lipinski definition) is 1. The Morgan fingerprint density at radius 1 is 1.12 bits per heavy atom. The monoisotopic (exact) mass is 234 g/mol. The van der Waals surface area contributed by atoms with Crippen LogP contribution in [0.3, 0.4) is 0 Å². The zero-order chi connectivity index (χ0) is 12.9. The van der Waals surface area contributed by atoms with Crippen LogP contribution in [0.5, 0.6) is 0 Å². The van der Waals surface area contributed by atoms with Crippen LogP contribution in [0.25, 0.3) is 0 Å². The van der Waals surface area contributed by atoms with E-state index < -0.39 is 0 Å². The second-order valence-corrected chi connectivity index (χ2v) is 4.87. The Morgan fingerprint density at radius 3 is 2.18 bits per heavy atom. The van der Waals surface area contributed by atoms with Crippen molar-refractivity contribution < 1.29 is 0 Å². The molecule has 1 aromatic carbocycles. The van der Waals surface area contributed by atoms with Crippen LogP contribution in [0.4, 0.5) is 5.69 Å². The van der Waals surface area contributed by atoms with Gasteiger partial charge in [-0.25, -0.2) is 0 Å². The van der Waals surface area contributed by atoms with Crippen LogP contribution in [-0.4, -0.2) is 18.6 Å². The van der Waals surface area contributed by atoms with Crippen molar-refractivity contribution in [3.05, 3.63) is 29.8 Å². The highest BCUT2D eigenvalue weighted by Gasteiger charge is 2.23. The van der Waals surface area contributed by atoms with Crippen molar-refractivity contribution in [1.82, 2.24) is 0 Å². The molecule has 1 aromatic rings. The summed E-state index contributed by atoms with van der Waals surface area (Å²) in [6, 6.07) is 8.53. The van der Waals surface area contributed by atoms with E-state index in [4.69, 9.17) is 5.73 Å². The molecular formula is C15H26N2. The fraction of sp³-hybridized carbons (Fsp3) is 0.600. The Kier molecular flexibility index (Phi) is 5.01. The predicted octanol–water partition coefficient (Wildman–Crippen LogP) is 3.34. The average molecular weight is 234 g/mol. The van der Waals surface area contributed by atoms with Crippen molar-refractivity contribution in [1.29, 1.82) is 0 Å². The van der Waals surface area contributed by atoms with E-state index in [0.29, 0.717) is 0 Å². The van der Waals surface area contributed by atoms with Crippen molar-refractivity contribution >= 4 is 5.69 Å². The van der Waals surface area contributed by atoms with Gasteiger partial charge in [-0.1, -0.05) is 32.0 Å². The maximum atomic E-state index is 6.42. The zero-order valence-electron chi connectivity index (χ0n) is 11.7. The van der Waals surface area contributed by atoms with Gasteiger partial charge in [0.25, 0.3) is 0 Å². The molecule has 0 bridgehead atoms. The standard InChI is InChI=1S/C15H26N2/c1-5-15(16,6-2)12-17(7-3)14-11-9-8-10-13(14)4/h8-11H,5-7,12,16H2,1-4H3. The van der Waals surface area contributed by atoms with Gasteiger partial charge in [0.1, 0.15) is 0 Å². The summed E-state index contributed by atoms with van der Waals surface area (Å²) >= 11 is 0. The van der Waals surface area contributed by atoms with Gasteiger partial charge in [-0.2, -0.15) is 0 Å². The summed E-state index contributed by atoms with van der Waals surface area (Å²) in [7, 11) is 0. The summed E-state index contributed by atoms with van der Waals surface area (Å²) in [5.41, 5.74) is 8.98. The Bertz CT molecular complexity index is 343. The average Bonchev–Trinajstić information content (AvgIpc) is 2.37. The normalized spacial score (nSPS) is 11.6. The summed E-state index contributed by atoms with van der Waals surface area (Å²) < 4.78 is 0. The molecule has 0 aliphatic rings. The molecular weight excluding hydrogens is 208 g/mol. The lowest BCUT2D eigenvalue weighted by Gasteiger charge is -2.35. The third-order valence-electron chi connectivity index (χ3n) is 3.75. The van der Waals surface area contributed by atoms with Gasteiger partial charge in [0.15, 0.2) is 0 Å². The van der Waals surface area contributed by atoms with Gasteiger partial charge in [0.05, 0.1) is 0 Å². The molecule has 2 heteroatoms. The van der Waals surface area contributed by atoms with E-state index in [1.165, 1.54) is 11.3 Å². The number of rotatable bonds is 6. The molecule has 2 nitrogen and oxygen atoms in total. The summed E-state index contributed by atoms with van der Waals surface area (Å²) in [5, 5.41) is 0. The molecule has 0 aliphatic heterocycles. The molecule has 0 spiro atoms. The van der Waals surface area contributed by atoms with E-state index in [2.05, 4.69) is 56.9 Å². The Balaban J connectivity index is 2.90. The number of nitrogens with two attached hydrogens (primary N) is 1. The van der Waals surface area contributed by atoms with Crippen LogP contribution >= 0.6 is 0 Å². The minimum absolute atomic E-state index is 0.0711. The molecule has 17 heavy (non-hydrogen) atoms.